The minimum atomic E-state index is -0.835. The molecule has 0 aliphatic carbocycles. The van der Waals surface area contributed by atoms with Gasteiger partial charge in [0, 0.05) is 6.08 Å². The van der Waals surface area contributed by atoms with Crippen LogP contribution in [0, 0.1) is 0 Å². The van der Waals surface area contributed by atoms with Gasteiger partial charge in [0.05, 0.1) is 0 Å². The van der Waals surface area contributed by atoms with Crippen LogP contribution in [0.2, 0.25) is 0 Å². The van der Waals surface area contributed by atoms with Crippen molar-refractivity contribution in [2.24, 2.45) is 0 Å². The summed E-state index contributed by atoms with van der Waals surface area (Å²) in [5.41, 5.74) is 0. The first-order valence-corrected chi connectivity index (χ1v) is 7.67. The van der Waals surface area contributed by atoms with Gasteiger partial charge in [0.25, 0.3) is 0 Å². The van der Waals surface area contributed by atoms with E-state index in [0.29, 0.717) is 0 Å². The molecule has 0 saturated carbocycles. The van der Waals surface area contributed by atoms with E-state index >= 15 is 0 Å². The molecule has 3 heteroatoms. The summed E-state index contributed by atoms with van der Waals surface area (Å²) in [5.74, 6) is -0.835. The van der Waals surface area contributed by atoms with Crippen molar-refractivity contribution in [3.05, 3.63) is 12.2 Å². The van der Waals surface area contributed by atoms with E-state index in [0.717, 1.165) is 12.8 Å². The Morgan fingerprint density at radius 3 is 1.68 bits per heavy atom. The summed E-state index contributed by atoms with van der Waals surface area (Å²) in [6.07, 6.45) is 18.6. The van der Waals surface area contributed by atoms with Crippen molar-refractivity contribution in [1.29, 1.82) is 0 Å². The van der Waals surface area contributed by atoms with Gasteiger partial charge in [0.1, 0.15) is 0 Å². The van der Waals surface area contributed by atoms with Crippen molar-refractivity contribution in [2.45, 2.75) is 84.0 Å². The van der Waals surface area contributed by atoms with Gasteiger partial charge in [-0.1, -0.05) is 77.2 Å². The van der Waals surface area contributed by atoms with Gasteiger partial charge in [-0.05, 0) is 12.8 Å². The maximum atomic E-state index is 10.2. The van der Waals surface area contributed by atoms with Crippen LogP contribution in [0.1, 0.15) is 84.0 Å². The van der Waals surface area contributed by atoms with E-state index in [1.165, 1.54) is 70.3 Å². The molecule has 19 heavy (non-hydrogen) atoms. The second-order valence-corrected chi connectivity index (χ2v) is 5.06. The molecule has 0 aromatic carbocycles. The second-order valence-electron chi connectivity index (χ2n) is 5.06. The SMILES string of the molecule is CCCCCCCCCCCCCC=CC(=O)O.[CaH2]. The van der Waals surface area contributed by atoms with Crippen molar-refractivity contribution in [3.8, 4) is 0 Å². The van der Waals surface area contributed by atoms with Gasteiger partial charge < -0.3 is 5.11 Å². The first kappa shape index (κ1) is 21.8. The molecule has 0 radical (unpaired) electrons. The molecule has 0 aliphatic rings. The molecule has 0 fully saturated rings. The molecule has 0 amide bonds. The molecule has 0 spiro atoms. The third kappa shape index (κ3) is 20.9. The molecule has 0 rings (SSSR count). The predicted octanol–water partition coefficient (Wildman–Crippen LogP) is 4.41. The number of carboxylic acids is 1. The third-order valence-electron chi connectivity index (χ3n) is 3.23. The van der Waals surface area contributed by atoms with Crippen LogP contribution in [-0.2, 0) is 4.79 Å². The van der Waals surface area contributed by atoms with Crippen LogP contribution in [-0.4, -0.2) is 48.8 Å². The number of allylic oxidation sites excluding steroid dienone is 1. The van der Waals surface area contributed by atoms with Gasteiger partial charge in [0.15, 0.2) is 0 Å². The van der Waals surface area contributed by atoms with Crippen LogP contribution in [0.3, 0.4) is 0 Å². The van der Waals surface area contributed by atoms with Gasteiger partial charge in [-0.25, -0.2) is 4.79 Å². The Balaban J connectivity index is 0. The first-order valence-electron chi connectivity index (χ1n) is 7.67. The van der Waals surface area contributed by atoms with E-state index in [1.54, 1.807) is 6.08 Å². The van der Waals surface area contributed by atoms with Crippen LogP contribution in [0.5, 0.6) is 0 Å². The number of aliphatic carboxylic acids is 1. The monoisotopic (exact) mass is 296 g/mol. The van der Waals surface area contributed by atoms with Crippen molar-refractivity contribution >= 4 is 43.7 Å². The summed E-state index contributed by atoms with van der Waals surface area (Å²) in [5, 5.41) is 8.40. The minimum absolute atomic E-state index is 0. The molecule has 1 N–H and O–H groups in total. The number of rotatable bonds is 13. The molecular formula is C16H32CaO2. The Morgan fingerprint density at radius 1 is 0.842 bits per heavy atom. The van der Waals surface area contributed by atoms with Crippen molar-refractivity contribution in [3.63, 3.8) is 0 Å². The third-order valence-corrected chi connectivity index (χ3v) is 3.23. The zero-order valence-corrected chi connectivity index (χ0v) is 12.0. The summed E-state index contributed by atoms with van der Waals surface area (Å²) in [6.45, 7) is 2.26. The topological polar surface area (TPSA) is 37.3 Å². The van der Waals surface area contributed by atoms with Crippen LogP contribution < -0.4 is 0 Å². The Kier molecular flexibility index (Phi) is 21.2. The van der Waals surface area contributed by atoms with Gasteiger partial charge in [-0.2, -0.15) is 0 Å². The van der Waals surface area contributed by atoms with Gasteiger partial charge >= 0.3 is 43.7 Å². The summed E-state index contributed by atoms with van der Waals surface area (Å²) >= 11 is 0. The quantitative estimate of drug-likeness (QED) is 0.310. The molecule has 0 aromatic rings. The molecule has 0 aromatic heterocycles. The van der Waals surface area contributed by atoms with E-state index in [4.69, 9.17) is 5.11 Å². The summed E-state index contributed by atoms with van der Waals surface area (Å²) in [6, 6.07) is 0. The first-order chi connectivity index (χ1) is 8.77. The zero-order chi connectivity index (χ0) is 13.5. The Labute approximate surface area is 149 Å². The van der Waals surface area contributed by atoms with Crippen LogP contribution in [0.15, 0.2) is 12.2 Å². The predicted molar refractivity (Wildman–Crippen MR) is 86.4 cm³/mol. The number of carbonyl (C=O) groups is 1. The fourth-order valence-corrected chi connectivity index (χ4v) is 2.11. The average molecular weight is 297 g/mol. The standard InChI is InChI=1S/C16H30O2.Ca.2H/c1-2-3-4-5-6-7-8-9-10-11-12-13-14-15-16(17)18;;;/h14-15H,2-13H2,1H3,(H,17,18);;;. The van der Waals surface area contributed by atoms with E-state index in [9.17, 15) is 4.79 Å². The van der Waals surface area contributed by atoms with Crippen LogP contribution in [0.25, 0.3) is 0 Å². The molecule has 0 heterocycles. The number of carboxylic acid groups (broad SMARTS) is 1. The average Bonchev–Trinajstić information content (AvgIpc) is 2.34. The van der Waals surface area contributed by atoms with Gasteiger partial charge in [0.2, 0.25) is 0 Å². The summed E-state index contributed by atoms with van der Waals surface area (Å²) < 4.78 is 0. The van der Waals surface area contributed by atoms with Gasteiger partial charge in [-0.3, -0.25) is 0 Å². The van der Waals surface area contributed by atoms with Crippen molar-refractivity contribution in [1.82, 2.24) is 0 Å². The normalized spacial score (nSPS) is 10.6. The van der Waals surface area contributed by atoms with E-state index in [-0.39, 0.29) is 37.7 Å². The van der Waals surface area contributed by atoms with Gasteiger partial charge in [-0.15, -0.1) is 0 Å². The number of hydrogen-bond donors (Lipinski definition) is 1. The Bertz CT molecular complexity index is 215. The molecule has 0 atom stereocenters. The molecular weight excluding hydrogens is 264 g/mol. The fourth-order valence-electron chi connectivity index (χ4n) is 2.11. The fraction of sp³-hybridized carbons (Fsp3) is 0.812. The number of unbranched alkanes of at least 4 members (excludes halogenated alkanes) is 11. The second kappa shape index (κ2) is 18.5. The maximum absolute atomic E-state index is 10.2. The van der Waals surface area contributed by atoms with Crippen LogP contribution in [0.4, 0.5) is 0 Å². The van der Waals surface area contributed by atoms with E-state index in [1.807, 2.05) is 0 Å². The van der Waals surface area contributed by atoms with Crippen molar-refractivity contribution < 1.29 is 9.90 Å². The van der Waals surface area contributed by atoms with Crippen LogP contribution >= 0.6 is 0 Å². The molecule has 0 saturated heterocycles. The summed E-state index contributed by atoms with van der Waals surface area (Å²) in [7, 11) is 0. The summed E-state index contributed by atoms with van der Waals surface area (Å²) in [4.78, 5) is 10.2. The molecule has 0 bridgehead atoms. The van der Waals surface area contributed by atoms with E-state index in [2.05, 4.69) is 6.92 Å². The molecule has 0 aliphatic heterocycles. The zero-order valence-electron chi connectivity index (χ0n) is 12.0. The van der Waals surface area contributed by atoms with Crippen molar-refractivity contribution in [2.75, 3.05) is 0 Å². The Morgan fingerprint density at radius 2 is 1.26 bits per heavy atom. The Hall–Kier alpha value is 0.470. The number of hydrogen-bond acceptors (Lipinski definition) is 1. The molecule has 0 unspecified atom stereocenters. The molecule has 2 nitrogen and oxygen atoms in total. The van der Waals surface area contributed by atoms with E-state index < -0.39 is 5.97 Å². The molecule has 110 valence electrons.